The zero-order valence-electron chi connectivity index (χ0n) is 35.9. The predicted octanol–water partition coefficient (Wildman–Crippen LogP) is 1.44. The van der Waals surface area contributed by atoms with Crippen LogP contribution in [0.3, 0.4) is 0 Å². The third-order valence-corrected chi connectivity index (χ3v) is 12.6. The van der Waals surface area contributed by atoms with Gasteiger partial charge in [0, 0.05) is 52.9 Å². The Hall–Kier alpha value is -5.99. The number of rotatable bonds is 8. The van der Waals surface area contributed by atoms with Crippen molar-refractivity contribution in [2.75, 3.05) is 13.2 Å². The van der Waals surface area contributed by atoms with Crippen LogP contribution in [0.25, 0.3) is 0 Å². The SMILES string of the molecule is CC(=O)OC[C@]12[C@H](OC(C)=O)[C@@H](OC(C)=O)[C@@H]3[C@@H](OC(C)=O)[C@@]14O[C@@]3(C)COC(=O)c1cnccc1C(C)C(C)(O)C(=O)O[C@@H]([C@H](OC(=O)c1ccccc1)[C@@H]2OC(C)=O)[C@]4(C)O. The molecule has 2 N–H and O–H groups in total. The van der Waals surface area contributed by atoms with E-state index < -0.39 is 137 Å². The predicted molar refractivity (Wildman–Crippen MR) is 207 cm³/mol. The summed E-state index contributed by atoms with van der Waals surface area (Å²) < 4.78 is 55.0. The number of aliphatic hydroxyl groups is 2. The van der Waals surface area contributed by atoms with Crippen LogP contribution in [0.5, 0.6) is 0 Å². The van der Waals surface area contributed by atoms with Gasteiger partial charge in [0.25, 0.3) is 0 Å². The number of fused-ring (bicyclic) bond motifs is 5. The Balaban J connectivity index is 1.81. The molecule has 1 saturated heterocycles. The number of carbonyl (C=O) groups excluding carboxylic acids is 8. The average Bonchev–Trinajstić information content (AvgIpc) is 3.42. The molecule has 3 heterocycles. The van der Waals surface area contributed by atoms with Crippen molar-refractivity contribution in [1.82, 2.24) is 4.98 Å². The molecule has 2 aliphatic carbocycles. The van der Waals surface area contributed by atoms with Crippen LogP contribution in [0.2, 0.25) is 0 Å². The van der Waals surface area contributed by atoms with Gasteiger partial charge in [0.05, 0.1) is 17.0 Å². The minimum Gasteiger partial charge on any atom is -0.465 e. The Morgan fingerprint density at radius 1 is 0.762 bits per heavy atom. The maximum Gasteiger partial charge on any atom is 0.340 e. The summed E-state index contributed by atoms with van der Waals surface area (Å²) in [5, 5.41) is 25.8. The highest BCUT2D eigenvalue weighted by molar-refractivity contribution is 5.92. The summed E-state index contributed by atoms with van der Waals surface area (Å²) in [4.78, 5) is 114. The summed E-state index contributed by atoms with van der Waals surface area (Å²) in [6.45, 7) is 7.70. The fourth-order valence-corrected chi connectivity index (χ4v) is 9.87. The largest absolute Gasteiger partial charge is 0.465 e. The van der Waals surface area contributed by atoms with Crippen molar-refractivity contribution in [2.24, 2.45) is 11.3 Å². The number of nitrogens with zero attached hydrogens (tertiary/aromatic N) is 1. The molecule has 2 unspecified atom stereocenters. The Kier molecular flexibility index (Phi) is 12.3. The van der Waals surface area contributed by atoms with Crippen LogP contribution < -0.4 is 0 Å². The lowest BCUT2D eigenvalue weighted by molar-refractivity contribution is -0.386. The standard InChI is InChI=1S/C43H49NO19/c1-20-27-15-16-44-17-28(27)37(51)56-18-39(7)29-30(57-22(3)46)34(59-24(5)48)42(19-55-21(2)45)35(60-25(6)49)31(61-36(50)26-13-11-10-12-14-26)33(62-38(52)40(20,8)53)41(9,54)43(42,63-39)32(29)58-23(4)47/h10-17,20,29-35,53-54H,18-19H2,1-9H3/t20?,29-,30+,31+,32-,33+,34-,35+,39+,40?,41+,42-,43+/m1/s1. The van der Waals surface area contributed by atoms with E-state index in [4.69, 9.17) is 42.6 Å². The highest BCUT2D eigenvalue weighted by atomic mass is 16.7. The Morgan fingerprint density at radius 3 is 1.90 bits per heavy atom. The zero-order valence-corrected chi connectivity index (χ0v) is 35.9. The van der Waals surface area contributed by atoms with Gasteiger partial charge in [-0.05, 0) is 44.5 Å². The molecule has 4 aliphatic rings. The van der Waals surface area contributed by atoms with Crippen LogP contribution in [0.1, 0.15) is 94.5 Å². The minimum atomic E-state index is -2.99. The lowest BCUT2D eigenvalue weighted by Crippen LogP contribution is -2.89. The molecule has 4 bridgehead atoms. The second-order valence-corrected chi connectivity index (χ2v) is 16.8. The van der Waals surface area contributed by atoms with E-state index in [-0.39, 0.29) is 16.7 Å². The van der Waals surface area contributed by atoms with Crippen LogP contribution in [0.15, 0.2) is 48.8 Å². The normalized spacial score (nSPS) is 36.8. The highest BCUT2D eigenvalue weighted by Gasteiger charge is 2.92. The van der Waals surface area contributed by atoms with Gasteiger partial charge in [-0.15, -0.1) is 0 Å². The van der Waals surface area contributed by atoms with E-state index in [0.29, 0.717) is 0 Å². The fourth-order valence-electron chi connectivity index (χ4n) is 9.87. The Morgan fingerprint density at radius 2 is 1.33 bits per heavy atom. The quantitative estimate of drug-likeness (QED) is 0.280. The van der Waals surface area contributed by atoms with Crippen molar-refractivity contribution >= 4 is 47.8 Å². The molecule has 0 amide bonds. The van der Waals surface area contributed by atoms with Gasteiger partial charge < -0.3 is 52.8 Å². The highest BCUT2D eigenvalue weighted by Crippen LogP contribution is 2.70. The first-order valence-electron chi connectivity index (χ1n) is 19.9. The van der Waals surface area contributed by atoms with E-state index in [1.54, 1.807) is 6.07 Å². The number of cyclic esters (lactones) is 1. The fraction of sp³-hybridized carbons (Fsp3) is 0.558. The van der Waals surface area contributed by atoms with Crippen LogP contribution in [0, 0.1) is 11.3 Å². The van der Waals surface area contributed by atoms with Gasteiger partial charge in [-0.3, -0.25) is 29.0 Å². The van der Waals surface area contributed by atoms with Gasteiger partial charge in [0.15, 0.2) is 35.6 Å². The molecule has 6 rings (SSSR count). The monoisotopic (exact) mass is 883 g/mol. The molecule has 13 atom stereocenters. The summed E-state index contributed by atoms with van der Waals surface area (Å²) in [5.41, 5.74) is -13.6. The Labute approximate surface area is 360 Å². The lowest BCUT2D eigenvalue weighted by atomic mass is 9.45. The Bertz CT molecular complexity index is 2210. The summed E-state index contributed by atoms with van der Waals surface area (Å²) in [7, 11) is 0. The van der Waals surface area contributed by atoms with Crippen LogP contribution in [-0.2, 0) is 71.4 Å². The number of pyridine rings is 1. The molecular weight excluding hydrogens is 834 g/mol. The van der Waals surface area contributed by atoms with Crippen LogP contribution in [0.4, 0.5) is 0 Å². The topological polar surface area (TPSA) is 273 Å². The molecule has 1 spiro atoms. The van der Waals surface area contributed by atoms with Crippen LogP contribution in [-0.4, -0.2) is 135 Å². The van der Waals surface area contributed by atoms with Crippen molar-refractivity contribution in [1.29, 1.82) is 0 Å². The van der Waals surface area contributed by atoms with Crippen molar-refractivity contribution < 1.29 is 91.2 Å². The number of hydrogen-bond acceptors (Lipinski definition) is 20. The van der Waals surface area contributed by atoms with Crippen molar-refractivity contribution in [3.63, 3.8) is 0 Å². The van der Waals surface area contributed by atoms with E-state index in [1.165, 1.54) is 50.4 Å². The van der Waals surface area contributed by atoms with Crippen molar-refractivity contribution in [3.8, 4) is 0 Å². The van der Waals surface area contributed by atoms with E-state index >= 15 is 0 Å². The molecule has 1 aromatic carbocycles. The van der Waals surface area contributed by atoms with Crippen molar-refractivity contribution in [2.45, 2.75) is 127 Å². The molecule has 2 aliphatic heterocycles. The second-order valence-electron chi connectivity index (χ2n) is 16.8. The van der Waals surface area contributed by atoms with E-state index in [9.17, 15) is 48.6 Å². The van der Waals surface area contributed by atoms with Gasteiger partial charge in [-0.2, -0.15) is 0 Å². The first-order chi connectivity index (χ1) is 29.4. The van der Waals surface area contributed by atoms with Crippen LogP contribution >= 0.6 is 0 Å². The third kappa shape index (κ3) is 7.56. The van der Waals surface area contributed by atoms with E-state index in [1.807, 2.05) is 0 Å². The molecule has 0 radical (unpaired) electrons. The van der Waals surface area contributed by atoms with Gasteiger partial charge in [0.2, 0.25) is 0 Å². The summed E-state index contributed by atoms with van der Waals surface area (Å²) in [6.07, 6.45) is -10.4. The molecule has 3 fully saturated rings. The van der Waals surface area contributed by atoms with E-state index in [2.05, 4.69) is 4.98 Å². The number of esters is 8. The zero-order chi connectivity index (χ0) is 46.6. The van der Waals surface area contributed by atoms with Gasteiger partial charge in [-0.1, -0.05) is 25.1 Å². The summed E-state index contributed by atoms with van der Waals surface area (Å²) in [5.74, 6) is -12.0. The molecule has 340 valence electrons. The third-order valence-electron chi connectivity index (χ3n) is 12.6. The van der Waals surface area contributed by atoms with Gasteiger partial charge >= 0.3 is 47.8 Å². The summed E-state index contributed by atoms with van der Waals surface area (Å²) in [6, 6.07) is 8.64. The second kappa shape index (κ2) is 16.6. The lowest BCUT2D eigenvalue weighted by Gasteiger charge is -2.67. The molecule has 2 saturated carbocycles. The molecule has 2 aromatic rings. The smallest absolute Gasteiger partial charge is 0.340 e. The van der Waals surface area contributed by atoms with E-state index in [0.717, 1.165) is 54.7 Å². The maximum atomic E-state index is 14.7. The van der Waals surface area contributed by atoms with Crippen molar-refractivity contribution in [3.05, 3.63) is 65.5 Å². The molecule has 20 nitrogen and oxygen atoms in total. The number of ether oxygens (including phenoxy) is 9. The van der Waals surface area contributed by atoms with Gasteiger partial charge in [-0.25, -0.2) is 14.4 Å². The van der Waals surface area contributed by atoms with Gasteiger partial charge in [0.1, 0.15) is 42.0 Å². The average molecular weight is 884 g/mol. The number of benzene rings is 1. The molecule has 1 aromatic heterocycles. The first-order valence-corrected chi connectivity index (χ1v) is 19.9. The first kappa shape index (κ1) is 46.5. The molecular formula is C43H49NO19. The number of carbonyl (C=O) groups is 8. The maximum absolute atomic E-state index is 14.7. The number of hydrogen-bond donors (Lipinski definition) is 2. The summed E-state index contributed by atoms with van der Waals surface area (Å²) >= 11 is 0. The molecule has 63 heavy (non-hydrogen) atoms. The minimum absolute atomic E-state index is 0.0489. The molecule has 20 heteroatoms. The number of aromatic nitrogens is 1.